The maximum atomic E-state index is 6.19. The number of hydrogen-bond acceptors (Lipinski definition) is 3. The molecule has 0 atom stereocenters. The first-order valence-electron chi connectivity index (χ1n) is 8.43. The van der Waals surface area contributed by atoms with Gasteiger partial charge in [0.05, 0.1) is 0 Å². The van der Waals surface area contributed by atoms with Crippen LogP contribution in [0.2, 0.25) is 0 Å². The Bertz CT molecular complexity index is 433. The van der Waals surface area contributed by atoms with Gasteiger partial charge in [0.15, 0.2) is 0 Å². The molecule has 2 N–H and O–H groups in total. The minimum absolute atomic E-state index is 0.248. The molecule has 1 aliphatic carbocycles. The van der Waals surface area contributed by atoms with Crippen LogP contribution in [0.5, 0.6) is 0 Å². The fourth-order valence-electron chi connectivity index (χ4n) is 3.83. The van der Waals surface area contributed by atoms with Crippen LogP contribution in [0.1, 0.15) is 37.7 Å². The molecule has 21 heavy (non-hydrogen) atoms. The third-order valence-electron chi connectivity index (χ3n) is 5.79. The van der Waals surface area contributed by atoms with Gasteiger partial charge in [0.2, 0.25) is 0 Å². The van der Waals surface area contributed by atoms with Crippen LogP contribution in [0.3, 0.4) is 0 Å². The van der Waals surface area contributed by atoms with Crippen molar-refractivity contribution in [1.82, 2.24) is 9.80 Å². The van der Waals surface area contributed by atoms with E-state index in [4.69, 9.17) is 5.73 Å². The van der Waals surface area contributed by atoms with Crippen LogP contribution in [0.4, 0.5) is 0 Å². The lowest BCUT2D eigenvalue weighted by molar-refractivity contribution is -0.00864. The highest BCUT2D eigenvalue weighted by atomic mass is 15.3. The number of benzene rings is 1. The van der Waals surface area contributed by atoms with Gasteiger partial charge in [0.25, 0.3) is 0 Å². The van der Waals surface area contributed by atoms with Gasteiger partial charge in [-0.25, -0.2) is 0 Å². The van der Waals surface area contributed by atoms with Crippen molar-refractivity contribution in [2.45, 2.75) is 50.2 Å². The summed E-state index contributed by atoms with van der Waals surface area (Å²) in [7, 11) is 2.31. The van der Waals surface area contributed by atoms with Crippen molar-refractivity contribution in [1.29, 1.82) is 0 Å². The minimum Gasteiger partial charge on any atom is -0.329 e. The summed E-state index contributed by atoms with van der Waals surface area (Å²) in [4.78, 5) is 5.20. The molecule has 3 nitrogen and oxygen atoms in total. The molecule has 0 amide bonds. The Hall–Kier alpha value is -0.900. The van der Waals surface area contributed by atoms with E-state index in [1.165, 1.54) is 50.8 Å². The quantitative estimate of drug-likeness (QED) is 0.903. The summed E-state index contributed by atoms with van der Waals surface area (Å²) >= 11 is 0. The average molecular weight is 287 g/mol. The molecular formula is C18H29N3. The Morgan fingerprint density at radius 2 is 1.86 bits per heavy atom. The zero-order valence-electron chi connectivity index (χ0n) is 13.3. The molecule has 0 radical (unpaired) electrons. The van der Waals surface area contributed by atoms with E-state index in [0.717, 1.165) is 19.1 Å². The second kappa shape index (κ2) is 6.47. The lowest BCUT2D eigenvalue weighted by Crippen LogP contribution is -2.61. The number of nitrogens with zero attached hydrogens (tertiary/aromatic N) is 2. The summed E-state index contributed by atoms with van der Waals surface area (Å²) in [6.45, 7) is 4.22. The SMILES string of the molecule is CN(C1CCC1)C1(CN)CCN(Cc2ccccc2)CC1. The zero-order valence-corrected chi connectivity index (χ0v) is 13.3. The molecule has 3 rings (SSSR count). The first kappa shape index (κ1) is 15.0. The number of rotatable bonds is 5. The molecule has 2 aliphatic rings. The van der Waals surface area contributed by atoms with Crippen LogP contribution < -0.4 is 5.73 Å². The summed E-state index contributed by atoms with van der Waals surface area (Å²) < 4.78 is 0. The molecule has 1 aromatic carbocycles. The van der Waals surface area contributed by atoms with E-state index in [1.54, 1.807) is 0 Å². The van der Waals surface area contributed by atoms with Crippen molar-refractivity contribution >= 4 is 0 Å². The van der Waals surface area contributed by atoms with Gasteiger partial charge in [-0.2, -0.15) is 0 Å². The van der Waals surface area contributed by atoms with Crippen LogP contribution in [-0.4, -0.2) is 48.1 Å². The molecule has 116 valence electrons. The van der Waals surface area contributed by atoms with Gasteiger partial charge >= 0.3 is 0 Å². The summed E-state index contributed by atoms with van der Waals surface area (Å²) in [6, 6.07) is 11.6. The van der Waals surface area contributed by atoms with Gasteiger partial charge in [-0.15, -0.1) is 0 Å². The van der Waals surface area contributed by atoms with Gasteiger partial charge < -0.3 is 5.73 Å². The highest BCUT2D eigenvalue weighted by Crippen LogP contribution is 2.35. The third-order valence-corrected chi connectivity index (χ3v) is 5.79. The highest BCUT2D eigenvalue weighted by Gasteiger charge is 2.41. The van der Waals surface area contributed by atoms with Gasteiger partial charge in [-0.05, 0) is 38.3 Å². The molecule has 0 unspecified atom stereocenters. The van der Waals surface area contributed by atoms with Crippen LogP contribution in [0.25, 0.3) is 0 Å². The number of hydrogen-bond donors (Lipinski definition) is 1. The number of nitrogens with two attached hydrogens (primary N) is 1. The minimum atomic E-state index is 0.248. The van der Waals surface area contributed by atoms with Gasteiger partial charge in [-0.3, -0.25) is 9.80 Å². The van der Waals surface area contributed by atoms with Crippen molar-refractivity contribution in [3.63, 3.8) is 0 Å². The largest absolute Gasteiger partial charge is 0.329 e. The standard InChI is InChI=1S/C18H29N3/c1-20(17-8-5-9-17)18(15-19)10-12-21(13-11-18)14-16-6-3-2-4-7-16/h2-4,6-7,17H,5,8-15,19H2,1H3. The molecule has 1 heterocycles. The van der Waals surface area contributed by atoms with Crippen LogP contribution in [-0.2, 0) is 6.54 Å². The molecule has 0 spiro atoms. The molecule has 1 saturated carbocycles. The fourth-order valence-corrected chi connectivity index (χ4v) is 3.83. The van der Waals surface area contributed by atoms with Crippen molar-refractivity contribution in [3.05, 3.63) is 35.9 Å². The Balaban J connectivity index is 1.57. The molecule has 1 aromatic rings. The summed E-state index contributed by atoms with van der Waals surface area (Å²) in [5.41, 5.74) is 7.86. The Morgan fingerprint density at radius 1 is 1.19 bits per heavy atom. The fraction of sp³-hybridized carbons (Fsp3) is 0.667. The molecule has 1 aliphatic heterocycles. The molecular weight excluding hydrogens is 258 g/mol. The van der Waals surface area contributed by atoms with E-state index in [1.807, 2.05) is 0 Å². The van der Waals surface area contributed by atoms with Gasteiger partial charge in [0, 0.05) is 37.8 Å². The second-order valence-electron chi connectivity index (χ2n) is 6.89. The second-order valence-corrected chi connectivity index (χ2v) is 6.89. The summed E-state index contributed by atoms with van der Waals surface area (Å²) in [5, 5.41) is 0. The van der Waals surface area contributed by atoms with E-state index < -0.39 is 0 Å². The smallest absolute Gasteiger partial charge is 0.0355 e. The molecule has 2 fully saturated rings. The molecule has 0 aromatic heterocycles. The topological polar surface area (TPSA) is 32.5 Å². The predicted molar refractivity (Wildman–Crippen MR) is 88.1 cm³/mol. The molecule has 3 heteroatoms. The molecule has 1 saturated heterocycles. The van der Waals surface area contributed by atoms with Crippen molar-refractivity contribution in [2.24, 2.45) is 5.73 Å². The van der Waals surface area contributed by atoms with Crippen LogP contribution in [0.15, 0.2) is 30.3 Å². The Labute approximate surface area is 129 Å². The average Bonchev–Trinajstić information content (AvgIpc) is 2.47. The van der Waals surface area contributed by atoms with Crippen LogP contribution in [0, 0.1) is 0 Å². The normalized spacial score (nSPS) is 23.2. The number of likely N-dealkylation sites (tertiary alicyclic amines) is 1. The van der Waals surface area contributed by atoms with E-state index in [0.29, 0.717) is 0 Å². The van der Waals surface area contributed by atoms with Crippen molar-refractivity contribution in [3.8, 4) is 0 Å². The number of likely N-dealkylation sites (N-methyl/N-ethyl adjacent to an activating group) is 1. The molecule has 0 bridgehead atoms. The van der Waals surface area contributed by atoms with E-state index in [-0.39, 0.29) is 5.54 Å². The monoisotopic (exact) mass is 287 g/mol. The Morgan fingerprint density at radius 3 is 2.38 bits per heavy atom. The summed E-state index contributed by atoms with van der Waals surface area (Å²) in [6.07, 6.45) is 6.56. The lowest BCUT2D eigenvalue weighted by atomic mass is 9.81. The summed E-state index contributed by atoms with van der Waals surface area (Å²) in [5.74, 6) is 0. The maximum Gasteiger partial charge on any atom is 0.0355 e. The first-order valence-corrected chi connectivity index (χ1v) is 8.43. The number of piperidine rings is 1. The lowest BCUT2D eigenvalue weighted by Gasteiger charge is -2.52. The highest BCUT2D eigenvalue weighted by molar-refractivity contribution is 5.14. The van der Waals surface area contributed by atoms with Crippen LogP contribution >= 0.6 is 0 Å². The predicted octanol–water partition coefficient (Wildman–Crippen LogP) is 2.46. The Kier molecular flexibility index (Phi) is 4.63. The van der Waals surface area contributed by atoms with Gasteiger partial charge in [0.1, 0.15) is 0 Å². The van der Waals surface area contributed by atoms with Gasteiger partial charge in [-0.1, -0.05) is 36.8 Å². The van der Waals surface area contributed by atoms with E-state index in [9.17, 15) is 0 Å². The zero-order chi connectivity index (χ0) is 14.7. The van der Waals surface area contributed by atoms with Crippen molar-refractivity contribution in [2.75, 3.05) is 26.7 Å². The maximum absolute atomic E-state index is 6.19. The van der Waals surface area contributed by atoms with E-state index in [2.05, 4.69) is 47.2 Å². The van der Waals surface area contributed by atoms with E-state index >= 15 is 0 Å². The van der Waals surface area contributed by atoms with Crippen molar-refractivity contribution < 1.29 is 0 Å². The third kappa shape index (κ3) is 3.15. The first-order chi connectivity index (χ1) is 10.2.